The summed E-state index contributed by atoms with van der Waals surface area (Å²) < 4.78 is 12.7. The average molecular weight is 404 g/mol. The van der Waals surface area contributed by atoms with Crippen molar-refractivity contribution in [2.75, 3.05) is 0 Å². The van der Waals surface area contributed by atoms with Gasteiger partial charge in [-0.3, -0.25) is 0 Å². The van der Waals surface area contributed by atoms with Crippen molar-refractivity contribution < 1.29 is 9.26 Å². The Balaban J connectivity index is 2.11. The summed E-state index contributed by atoms with van der Waals surface area (Å²) in [5.74, 6) is 1.44. The Kier molecular flexibility index (Phi) is 5.23. The highest BCUT2D eigenvalue weighted by atomic mass is 79.9. The molecule has 0 aliphatic heterocycles. The Morgan fingerprint density at radius 2 is 1.95 bits per heavy atom. The lowest BCUT2D eigenvalue weighted by molar-refractivity contribution is 0.246. The molecule has 2 aromatic rings. The van der Waals surface area contributed by atoms with E-state index in [2.05, 4.69) is 37.0 Å². The molecule has 1 atom stereocenters. The maximum absolute atomic E-state index is 5.82. The number of aryl methyl sites for hydroxylation is 1. The molecule has 2 rings (SSSR count). The summed E-state index contributed by atoms with van der Waals surface area (Å²) in [5, 5.41) is 3.83. The van der Waals surface area contributed by atoms with Gasteiger partial charge < -0.3 is 15.0 Å². The first-order valence-electron chi connectivity index (χ1n) is 6.24. The Bertz CT molecular complexity index is 574. The number of benzene rings is 1. The smallest absolute Gasteiger partial charge is 0.174 e. The summed E-state index contributed by atoms with van der Waals surface area (Å²) in [6.45, 7) is 4.20. The van der Waals surface area contributed by atoms with Crippen LogP contribution in [-0.4, -0.2) is 11.2 Å². The minimum Gasteiger partial charge on any atom is -0.483 e. The first-order chi connectivity index (χ1) is 9.45. The zero-order chi connectivity index (χ0) is 14.7. The van der Waals surface area contributed by atoms with E-state index in [0.717, 1.165) is 32.4 Å². The molecule has 1 unspecified atom stereocenters. The van der Waals surface area contributed by atoms with E-state index in [1.54, 1.807) is 0 Å². The van der Waals surface area contributed by atoms with Gasteiger partial charge in [-0.2, -0.15) is 0 Å². The van der Waals surface area contributed by atoms with Crippen molar-refractivity contribution in [2.24, 2.45) is 5.73 Å². The van der Waals surface area contributed by atoms with Crippen LogP contribution in [-0.2, 0) is 13.0 Å². The first-order valence-corrected chi connectivity index (χ1v) is 7.83. The lowest BCUT2D eigenvalue weighted by Crippen LogP contribution is -2.17. The summed E-state index contributed by atoms with van der Waals surface area (Å²) in [4.78, 5) is 0. The molecule has 2 N–H and O–H groups in total. The third-order valence-corrected chi connectivity index (χ3v) is 3.83. The zero-order valence-electron chi connectivity index (χ0n) is 11.3. The lowest BCUT2D eigenvalue weighted by atomic mass is 10.1. The van der Waals surface area contributed by atoms with Crippen molar-refractivity contribution in [1.82, 2.24) is 5.16 Å². The van der Waals surface area contributed by atoms with Gasteiger partial charge in [-0.05, 0) is 69.8 Å². The van der Waals surface area contributed by atoms with Gasteiger partial charge in [-0.25, -0.2) is 0 Å². The van der Waals surface area contributed by atoms with E-state index >= 15 is 0 Å². The Labute approximate surface area is 134 Å². The lowest BCUT2D eigenvalue weighted by Gasteiger charge is -2.12. The van der Waals surface area contributed by atoms with Crippen LogP contribution in [0.15, 0.2) is 31.7 Å². The van der Waals surface area contributed by atoms with Gasteiger partial charge in [0.25, 0.3) is 0 Å². The summed E-state index contributed by atoms with van der Waals surface area (Å²) in [7, 11) is 0. The summed E-state index contributed by atoms with van der Waals surface area (Å²) in [5.41, 5.74) is 7.81. The minimum absolute atomic E-state index is 0.123. The normalized spacial score (nSPS) is 12.4. The molecule has 1 aromatic heterocycles. The SMILES string of the molecule is Cc1cc(COc2c(Br)cc(CC(C)N)cc2Br)on1. The number of halogens is 2. The molecule has 0 saturated heterocycles. The van der Waals surface area contributed by atoms with Crippen LogP contribution in [0, 0.1) is 6.92 Å². The quantitative estimate of drug-likeness (QED) is 0.820. The summed E-state index contributed by atoms with van der Waals surface area (Å²) >= 11 is 7.05. The maximum Gasteiger partial charge on any atom is 0.174 e. The van der Waals surface area contributed by atoms with Gasteiger partial charge in [-0.15, -0.1) is 0 Å². The highest BCUT2D eigenvalue weighted by molar-refractivity contribution is 9.11. The molecule has 1 heterocycles. The summed E-state index contributed by atoms with van der Waals surface area (Å²) in [6, 6.07) is 6.02. The van der Waals surface area contributed by atoms with E-state index in [9.17, 15) is 0 Å². The fourth-order valence-corrected chi connectivity index (χ4v) is 3.38. The molecule has 1 aromatic carbocycles. The predicted octanol–water partition coefficient (Wildman–Crippen LogP) is 3.98. The van der Waals surface area contributed by atoms with E-state index in [1.807, 2.05) is 32.0 Å². The molecule has 0 saturated carbocycles. The van der Waals surface area contributed by atoms with Gasteiger partial charge in [0.05, 0.1) is 14.6 Å². The number of rotatable bonds is 5. The number of nitrogens with two attached hydrogens (primary N) is 1. The number of ether oxygens (including phenoxy) is 1. The first kappa shape index (κ1) is 15.5. The molecule has 4 nitrogen and oxygen atoms in total. The van der Waals surface area contributed by atoms with Crippen LogP contribution < -0.4 is 10.5 Å². The number of hydrogen-bond donors (Lipinski definition) is 1. The highest BCUT2D eigenvalue weighted by Crippen LogP contribution is 2.35. The molecule has 20 heavy (non-hydrogen) atoms. The molecular weight excluding hydrogens is 388 g/mol. The third kappa shape index (κ3) is 4.07. The fraction of sp³-hybridized carbons (Fsp3) is 0.357. The molecule has 0 spiro atoms. The van der Waals surface area contributed by atoms with Crippen molar-refractivity contribution in [2.45, 2.75) is 32.9 Å². The van der Waals surface area contributed by atoms with Crippen molar-refractivity contribution >= 4 is 31.9 Å². The Morgan fingerprint density at radius 3 is 2.45 bits per heavy atom. The second-order valence-corrected chi connectivity index (χ2v) is 6.50. The van der Waals surface area contributed by atoms with Crippen molar-refractivity contribution in [3.63, 3.8) is 0 Å². The van der Waals surface area contributed by atoms with Crippen LogP contribution in [0.5, 0.6) is 5.75 Å². The summed E-state index contributed by atoms with van der Waals surface area (Å²) in [6.07, 6.45) is 0.818. The molecule has 6 heteroatoms. The van der Waals surface area contributed by atoms with Gasteiger partial charge >= 0.3 is 0 Å². The monoisotopic (exact) mass is 402 g/mol. The molecule has 0 radical (unpaired) electrons. The number of nitrogens with zero attached hydrogens (tertiary/aromatic N) is 1. The molecule has 0 fully saturated rings. The Morgan fingerprint density at radius 1 is 1.30 bits per heavy atom. The van der Waals surface area contributed by atoms with Crippen LogP contribution in [0.3, 0.4) is 0 Å². The molecule has 0 bridgehead atoms. The van der Waals surface area contributed by atoms with Crippen molar-refractivity contribution in [3.05, 3.63) is 44.2 Å². The molecular formula is C14H16Br2N2O2. The average Bonchev–Trinajstić information content (AvgIpc) is 2.73. The van der Waals surface area contributed by atoms with Gasteiger partial charge in [0.2, 0.25) is 0 Å². The van der Waals surface area contributed by atoms with Crippen LogP contribution in [0.2, 0.25) is 0 Å². The van der Waals surface area contributed by atoms with Crippen LogP contribution in [0.25, 0.3) is 0 Å². The van der Waals surface area contributed by atoms with E-state index in [-0.39, 0.29) is 6.04 Å². The van der Waals surface area contributed by atoms with E-state index in [1.165, 1.54) is 0 Å². The Hall–Kier alpha value is -0.850. The predicted molar refractivity (Wildman–Crippen MR) is 84.8 cm³/mol. The van der Waals surface area contributed by atoms with Crippen LogP contribution in [0.1, 0.15) is 23.9 Å². The van der Waals surface area contributed by atoms with Crippen LogP contribution in [0.4, 0.5) is 0 Å². The fourth-order valence-electron chi connectivity index (χ4n) is 1.87. The van der Waals surface area contributed by atoms with E-state index < -0.39 is 0 Å². The van der Waals surface area contributed by atoms with Gasteiger partial charge in [0.1, 0.15) is 12.4 Å². The number of hydrogen-bond acceptors (Lipinski definition) is 4. The van der Waals surface area contributed by atoms with Gasteiger partial charge in [-0.1, -0.05) is 5.16 Å². The van der Waals surface area contributed by atoms with E-state index in [0.29, 0.717) is 12.4 Å². The third-order valence-electron chi connectivity index (χ3n) is 2.65. The van der Waals surface area contributed by atoms with Gasteiger partial charge in [0.15, 0.2) is 5.76 Å². The molecule has 0 amide bonds. The number of aromatic nitrogens is 1. The topological polar surface area (TPSA) is 61.3 Å². The second-order valence-electron chi connectivity index (χ2n) is 4.79. The van der Waals surface area contributed by atoms with Crippen molar-refractivity contribution in [3.8, 4) is 5.75 Å². The van der Waals surface area contributed by atoms with Crippen LogP contribution >= 0.6 is 31.9 Å². The van der Waals surface area contributed by atoms with E-state index in [4.69, 9.17) is 15.0 Å². The van der Waals surface area contributed by atoms with Gasteiger partial charge in [0, 0.05) is 12.1 Å². The maximum atomic E-state index is 5.82. The molecule has 108 valence electrons. The van der Waals surface area contributed by atoms with Crippen molar-refractivity contribution in [1.29, 1.82) is 0 Å². The molecule has 0 aliphatic carbocycles. The minimum atomic E-state index is 0.123. The molecule has 0 aliphatic rings. The largest absolute Gasteiger partial charge is 0.483 e. The second kappa shape index (κ2) is 6.74. The zero-order valence-corrected chi connectivity index (χ0v) is 14.5. The standard InChI is InChI=1S/C14H16Br2N2O2/c1-8(17)3-10-5-12(15)14(13(16)6-10)19-7-11-4-9(2)18-20-11/h4-6,8H,3,7,17H2,1-2H3. The highest BCUT2D eigenvalue weighted by Gasteiger charge is 2.11.